The van der Waals surface area contributed by atoms with Crippen LogP contribution in [0.1, 0.15) is 28.8 Å². The number of anilines is 1. The zero-order valence-corrected chi connectivity index (χ0v) is 14.5. The van der Waals surface area contributed by atoms with Gasteiger partial charge in [-0.25, -0.2) is 4.79 Å². The van der Waals surface area contributed by atoms with Crippen LogP contribution in [0.25, 0.3) is 0 Å². The van der Waals surface area contributed by atoms with Crippen LogP contribution in [0.2, 0.25) is 0 Å². The minimum atomic E-state index is -0.598. The molecule has 0 amide bonds. The van der Waals surface area contributed by atoms with Crippen LogP contribution in [0.5, 0.6) is 5.75 Å². The zero-order chi connectivity index (χ0) is 17.8. The fraction of sp³-hybridized carbons (Fsp3) is 0.350. The number of nitrogens with zero attached hydrogens (tertiary/aromatic N) is 1. The van der Waals surface area contributed by atoms with E-state index in [1.165, 1.54) is 18.4 Å². The molecule has 0 spiro atoms. The molecule has 25 heavy (non-hydrogen) atoms. The maximum Gasteiger partial charge on any atom is 0.337 e. The number of rotatable bonds is 6. The number of β-amino-alcohol motifs (C(OH)–C–C–N with tert-alkyl or cyclic N) is 1. The molecular formula is C20H23NO4. The number of methoxy groups -OCH3 is 1. The van der Waals surface area contributed by atoms with E-state index in [-0.39, 0.29) is 12.6 Å². The minimum absolute atomic E-state index is 0.199. The van der Waals surface area contributed by atoms with Gasteiger partial charge in [-0.15, -0.1) is 0 Å². The van der Waals surface area contributed by atoms with Crippen LogP contribution in [0, 0.1) is 0 Å². The predicted octanol–water partition coefficient (Wildman–Crippen LogP) is 2.84. The number of hydrogen-bond donors (Lipinski definition) is 1. The number of carbonyl (C=O) groups excluding carboxylic acids is 1. The lowest BCUT2D eigenvalue weighted by Crippen LogP contribution is -2.34. The van der Waals surface area contributed by atoms with E-state index in [1.807, 2.05) is 6.07 Å². The number of hydrogen-bond acceptors (Lipinski definition) is 5. The molecule has 1 heterocycles. The quantitative estimate of drug-likeness (QED) is 0.819. The molecule has 0 bridgehead atoms. The first-order valence-electron chi connectivity index (χ1n) is 8.41. The van der Waals surface area contributed by atoms with Crippen molar-refractivity contribution in [3.05, 3.63) is 59.7 Å². The lowest BCUT2D eigenvalue weighted by molar-refractivity contribution is 0.0600. The Morgan fingerprint density at radius 3 is 2.68 bits per heavy atom. The second-order valence-electron chi connectivity index (χ2n) is 6.35. The topological polar surface area (TPSA) is 59.0 Å². The lowest BCUT2D eigenvalue weighted by Gasteiger charge is -2.23. The van der Waals surface area contributed by atoms with Crippen LogP contribution in [-0.4, -0.2) is 44.0 Å². The van der Waals surface area contributed by atoms with Crippen molar-refractivity contribution in [1.82, 2.24) is 0 Å². The van der Waals surface area contributed by atoms with Gasteiger partial charge in [0, 0.05) is 24.7 Å². The Kier molecular flexibility index (Phi) is 5.24. The molecule has 0 saturated carbocycles. The van der Waals surface area contributed by atoms with Crippen molar-refractivity contribution in [1.29, 1.82) is 0 Å². The van der Waals surface area contributed by atoms with Crippen molar-refractivity contribution in [2.45, 2.75) is 18.9 Å². The van der Waals surface area contributed by atoms with Crippen LogP contribution in [0.4, 0.5) is 5.69 Å². The third kappa shape index (κ3) is 3.94. The van der Waals surface area contributed by atoms with Crippen molar-refractivity contribution in [2.75, 3.05) is 31.7 Å². The average molecular weight is 341 g/mol. The number of aliphatic hydroxyl groups excluding tert-OH is 1. The summed E-state index contributed by atoms with van der Waals surface area (Å²) in [5, 5.41) is 10.3. The highest BCUT2D eigenvalue weighted by molar-refractivity contribution is 5.89. The molecule has 2 aromatic rings. The van der Waals surface area contributed by atoms with Crippen molar-refractivity contribution in [3.8, 4) is 5.75 Å². The van der Waals surface area contributed by atoms with Crippen molar-refractivity contribution < 1.29 is 19.4 Å². The third-order valence-electron chi connectivity index (χ3n) is 4.45. The molecule has 2 aromatic carbocycles. The largest absolute Gasteiger partial charge is 0.491 e. The number of benzene rings is 2. The molecule has 1 N–H and O–H groups in total. The number of ether oxygens (including phenoxy) is 2. The fourth-order valence-electron chi connectivity index (χ4n) is 3.20. The van der Waals surface area contributed by atoms with Crippen molar-refractivity contribution in [3.63, 3.8) is 0 Å². The normalized spacial score (nSPS) is 17.1. The van der Waals surface area contributed by atoms with Gasteiger partial charge in [0.25, 0.3) is 0 Å². The van der Waals surface area contributed by atoms with E-state index < -0.39 is 6.10 Å². The summed E-state index contributed by atoms with van der Waals surface area (Å²) in [6.07, 6.45) is -0.598. The highest BCUT2D eigenvalue weighted by Gasteiger charge is 2.26. The molecule has 0 fully saturated rings. The van der Waals surface area contributed by atoms with Gasteiger partial charge in [-0.2, -0.15) is 0 Å². The maximum absolute atomic E-state index is 11.4. The summed E-state index contributed by atoms with van der Waals surface area (Å²) in [5.74, 6) is 0.700. The Bertz CT molecular complexity index is 729. The summed E-state index contributed by atoms with van der Waals surface area (Å²) in [7, 11) is 1.35. The van der Waals surface area contributed by atoms with Crippen molar-refractivity contribution in [2.24, 2.45) is 0 Å². The number of para-hydroxylation sites is 1. The van der Waals surface area contributed by atoms with Gasteiger partial charge >= 0.3 is 5.97 Å². The molecule has 0 saturated heterocycles. The number of esters is 1. The van der Waals surface area contributed by atoms with E-state index in [2.05, 4.69) is 34.8 Å². The molecule has 1 aliphatic rings. The maximum atomic E-state index is 11.4. The van der Waals surface area contributed by atoms with Crippen LogP contribution in [-0.2, 0) is 4.74 Å². The molecule has 132 valence electrons. The Balaban J connectivity index is 1.54. The zero-order valence-electron chi connectivity index (χ0n) is 14.5. The highest BCUT2D eigenvalue weighted by Crippen LogP contribution is 2.35. The van der Waals surface area contributed by atoms with E-state index in [4.69, 9.17) is 4.74 Å². The van der Waals surface area contributed by atoms with E-state index in [0.29, 0.717) is 23.8 Å². The van der Waals surface area contributed by atoms with E-state index >= 15 is 0 Å². The van der Waals surface area contributed by atoms with Gasteiger partial charge in [0.2, 0.25) is 0 Å². The molecule has 0 unspecified atom stereocenters. The number of fused-ring (bicyclic) bond motifs is 1. The Hall–Kier alpha value is -2.53. The third-order valence-corrected chi connectivity index (χ3v) is 4.45. The molecule has 1 aliphatic heterocycles. The molecule has 0 radical (unpaired) electrons. The Morgan fingerprint density at radius 2 is 1.96 bits per heavy atom. The first kappa shape index (κ1) is 17.3. The molecule has 0 aromatic heterocycles. The van der Waals surface area contributed by atoms with Crippen LogP contribution >= 0.6 is 0 Å². The SMILES string of the molecule is COC(=O)c1ccc(OC[C@@H](O)CN2C[C@@H](C)c3ccccc32)cc1. The van der Waals surface area contributed by atoms with Crippen molar-refractivity contribution >= 4 is 11.7 Å². The summed E-state index contributed by atoms with van der Waals surface area (Å²) >= 11 is 0. The van der Waals surface area contributed by atoms with E-state index in [0.717, 1.165) is 6.54 Å². The van der Waals surface area contributed by atoms with Crippen LogP contribution < -0.4 is 9.64 Å². The van der Waals surface area contributed by atoms with E-state index in [1.54, 1.807) is 24.3 Å². The minimum Gasteiger partial charge on any atom is -0.491 e. The molecule has 0 aliphatic carbocycles. The lowest BCUT2D eigenvalue weighted by atomic mass is 10.0. The molecule has 3 rings (SSSR count). The molecular weight excluding hydrogens is 318 g/mol. The average Bonchev–Trinajstić information content (AvgIpc) is 2.96. The highest BCUT2D eigenvalue weighted by atomic mass is 16.5. The molecule has 5 heteroatoms. The van der Waals surface area contributed by atoms with E-state index in [9.17, 15) is 9.90 Å². The van der Waals surface area contributed by atoms with Crippen LogP contribution in [0.15, 0.2) is 48.5 Å². The van der Waals surface area contributed by atoms with Gasteiger partial charge in [-0.3, -0.25) is 0 Å². The van der Waals surface area contributed by atoms with Gasteiger partial charge in [0.15, 0.2) is 0 Å². The van der Waals surface area contributed by atoms with Gasteiger partial charge in [-0.1, -0.05) is 25.1 Å². The first-order valence-corrected chi connectivity index (χ1v) is 8.41. The second kappa shape index (κ2) is 7.57. The molecule has 2 atom stereocenters. The summed E-state index contributed by atoms with van der Waals surface area (Å²) in [4.78, 5) is 13.6. The summed E-state index contributed by atoms with van der Waals surface area (Å²) in [6, 6.07) is 15.0. The summed E-state index contributed by atoms with van der Waals surface area (Å²) in [6.45, 7) is 3.83. The number of aliphatic hydroxyl groups is 1. The van der Waals surface area contributed by atoms with Gasteiger partial charge in [0.05, 0.1) is 12.7 Å². The Morgan fingerprint density at radius 1 is 1.24 bits per heavy atom. The van der Waals surface area contributed by atoms with Gasteiger partial charge in [-0.05, 0) is 35.9 Å². The Labute approximate surface area is 147 Å². The van der Waals surface area contributed by atoms with Crippen LogP contribution in [0.3, 0.4) is 0 Å². The summed E-state index contributed by atoms with van der Waals surface area (Å²) in [5.41, 5.74) is 2.99. The van der Waals surface area contributed by atoms with Gasteiger partial charge < -0.3 is 19.5 Å². The number of carbonyl (C=O) groups is 1. The van der Waals surface area contributed by atoms with Gasteiger partial charge in [0.1, 0.15) is 18.5 Å². The fourth-order valence-corrected chi connectivity index (χ4v) is 3.20. The summed E-state index contributed by atoms with van der Waals surface area (Å²) < 4.78 is 10.3. The first-order chi connectivity index (χ1) is 12.1. The second-order valence-corrected chi connectivity index (χ2v) is 6.35. The smallest absolute Gasteiger partial charge is 0.337 e. The standard InChI is InChI=1S/C20H23NO4/c1-14-11-21(19-6-4-3-5-18(14)19)12-16(22)13-25-17-9-7-15(8-10-17)20(23)24-2/h3-10,14,16,22H,11-13H2,1-2H3/t14-,16+/m1/s1. The monoisotopic (exact) mass is 341 g/mol. The molecule has 5 nitrogen and oxygen atoms in total. The predicted molar refractivity (Wildman–Crippen MR) is 96.4 cm³/mol.